The molecule has 1 N–H and O–H groups in total. The monoisotopic (exact) mass is 193 g/mol. The average Bonchev–Trinajstić information content (AvgIpc) is 2.12. The van der Waals surface area contributed by atoms with Gasteiger partial charge >= 0.3 is 0 Å². The third-order valence-corrected chi connectivity index (χ3v) is 0.707. The van der Waals surface area contributed by atoms with Crippen LogP contribution in [-0.2, 0) is 0 Å². The molecule has 0 fully saturated rings. The smallest absolute Gasteiger partial charge is 0.0319 e. The summed E-state index contributed by atoms with van der Waals surface area (Å²) >= 11 is 0. The van der Waals surface area contributed by atoms with E-state index in [0.29, 0.717) is 0 Å². The molecule has 0 aliphatic carbocycles. The summed E-state index contributed by atoms with van der Waals surface area (Å²) < 4.78 is 0. The Morgan fingerprint density at radius 2 is 1.00 bits per heavy atom. The van der Waals surface area contributed by atoms with Crippen LogP contribution in [0.4, 0.5) is 0 Å². The van der Waals surface area contributed by atoms with E-state index in [1.807, 2.05) is 39.9 Å². The largest absolute Gasteiger partial charge is 0.400 e. The summed E-state index contributed by atoms with van der Waals surface area (Å²) in [5.41, 5.74) is 0. The fourth-order valence-corrected chi connectivity index (χ4v) is 0.354. The van der Waals surface area contributed by atoms with E-state index < -0.39 is 0 Å². The summed E-state index contributed by atoms with van der Waals surface area (Å²) in [4.78, 5) is 2.00. The molecule has 2 heteroatoms. The van der Waals surface area contributed by atoms with Crippen molar-refractivity contribution in [3.8, 4) is 0 Å². The van der Waals surface area contributed by atoms with Crippen LogP contribution < -0.4 is 0 Å². The van der Waals surface area contributed by atoms with E-state index in [-0.39, 0.29) is 0 Å². The molecule has 0 aromatic heterocycles. The minimum absolute atomic E-state index is 1.00. The van der Waals surface area contributed by atoms with Gasteiger partial charge in [0, 0.05) is 7.11 Å². The third kappa shape index (κ3) is 318. The second-order valence-electron chi connectivity index (χ2n) is 2.70. The molecule has 0 aromatic rings. The highest BCUT2D eigenvalue weighted by Gasteiger charge is 1.68. The predicted molar refractivity (Wildman–Crippen MR) is 64.3 cm³/mol. The van der Waals surface area contributed by atoms with E-state index in [0.717, 1.165) is 7.11 Å². The molecule has 13 heavy (non-hydrogen) atoms. The van der Waals surface area contributed by atoms with Crippen molar-refractivity contribution in [1.82, 2.24) is 4.90 Å². The van der Waals surface area contributed by atoms with Gasteiger partial charge in [0.25, 0.3) is 0 Å². The van der Waals surface area contributed by atoms with Crippen LogP contribution in [0.1, 0.15) is 47.0 Å². The number of aliphatic hydroxyl groups is 1. The van der Waals surface area contributed by atoms with Crippen LogP contribution in [0, 0.1) is 0 Å². The van der Waals surface area contributed by atoms with Gasteiger partial charge in [0.05, 0.1) is 0 Å². The molecule has 0 aliphatic rings. The van der Waals surface area contributed by atoms with Gasteiger partial charge in [0.2, 0.25) is 0 Å². The molecular weight excluding hydrogens is 162 g/mol. The van der Waals surface area contributed by atoms with E-state index >= 15 is 0 Å². The van der Waals surface area contributed by atoms with Crippen LogP contribution >= 0.6 is 0 Å². The Kier molecular flexibility index (Phi) is 72.0. The second-order valence-corrected chi connectivity index (χ2v) is 2.70. The number of hydrogen-bond donors (Lipinski definition) is 1. The first-order chi connectivity index (χ1) is 6.15. The van der Waals surface area contributed by atoms with Gasteiger partial charge < -0.3 is 10.0 Å². The molecule has 0 atom stereocenters. The molecule has 0 aliphatic heterocycles. The lowest BCUT2D eigenvalue weighted by molar-refractivity contribution is 0.399. The third-order valence-electron chi connectivity index (χ3n) is 0.707. The fourth-order valence-electron chi connectivity index (χ4n) is 0.354. The van der Waals surface area contributed by atoms with Gasteiger partial charge in [-0.05, 0) is 21.1 Å². The van der Waals surface area contributed by atoms with Gasteiger partial charge in [-0.15, -0.1) is 0 Å². The Morgan fingerprint density at radius 1 is 0.846 bits per heavy atom. The predicted octanol–water partition coefficient (Wildman–Crippen LogP) is 3.01. The van der Waals surface area contributed by atoms with Gasteiger partial charge in [0.15, 0.2) is 0 Å². The number of nitrogens with zero attached hydrogens (tertiary/aromatic N) is 1. The number of aliphatic hydroxyl groups excluding tert-OH is 1. The first-order valence-corrected chi connectivity index (χ1v) is 5.20. The van der Waals surface area contributed by atoms with E-state index in [2.05, 4.69) is 13.8 Å². The maximum Gasteiger partial charge on any atom is 0.0319 e. The molecule has 0 bridgehead atoms. The summed E-state index contributed by atoms with van der Waals surface area (Å²) in [5, 5.41) is 7.00. The molecule has 0 rings (SSSR count). The Hall–Kier alpha value is -0.0800. The van der Waals surface area contributed by atoms with Crippen LogP contribution in [0.3, 0.4) is 0 Å². The van der Waals surface area contributed by atoms with Crippen LogP contribution in [0.2, 0.25) is 0 Å². The number of rotatable bonds is 2. The van der Waals surface area contributed by atoms with Crippen molar-refractivity contribution in [1.29, 1.82) is 0 Å². The van der Waals surface area contributed by atoms with Crippen molar-refractivity contribution < 1.29 is 5.11 Å². The lowest BCUT2D eigenvalue weighted by Crippen LogP contribution is -1.99. The van der Waals surface area contributed by atoms with Crippen LogP contribution in [-0.4, -0.2) is 38.3 Å². The van der Waals surface area contributed by atoms with Crippen molar-refractivity contribution >= 4 is 0 Å². The second kappa shape index (κ2) is 40.6. The highest BCUT2D eigenvalue weighted by molar-refractivity contribution is 4.24. The summed E-state index contributed by atoms with van der Waals surface area (Å²) in [6, 6.07) is 0. The molecule has 0 saturated heterocycles. The van der Waals surface area contributed by atoms with Gasteiger partial charge in [-0.2, -0.15) is 0 Å². The zero-order chi connectivity index (χ0) is 11.7. The molecule has 0 amide bonds. The molecule has 0 spiro atoms. The van der Waals surface area contributed by atoms with E-state index in [4.69, 9.17) is 5.11 Å². The first-order valence-electron chi connectivity index (χ1n) is 5.20. The maximum absolute atomic E-state index is 7.00. The summed E-state index contributed by atoms with van der Waals surface area (Å²) in [5.74, 6) is 0. The zero-order valence-corrected chi connectivity index (χ0v) is 11.0. The van der Waals surface area contributed by atoms with Crippen LogP contribution in [0.25, 0.3) is 0 Å². The van der Waals surface area contributed by atoms with Gasteiger partial charge in [-0.25, -0.2) is 0 Å². The number of unbranched alkanes of at least 4 members (excludes halogenated alkanes) is 2. The Bertz CT molecular complexity index is 34.3. The van der Waals surface area contributed by atoms with Crippen molar-refractivity contribution in [2.75, 3.05) is 28.3 Å². The highest BCUT2D eigenvalue weighted by Crippen LogP contribution is 1.88. The van der Waals surface area contributed by atoms with Crippen LogP contribution in [0.15, 0.2) is 0 Å². The summed E-state index contributed by atoms with van der Waals surface area (Å²) in [6.07, 6.45) is 4.08. The normalized spacial score (nSPS) is 6.92. The minimum atomic E-state index is 1.00. The number of hydrogen-bond acceptors (Lipinski definition) is 2. The van der Waals surface area contributed by atoms with Gasteiger partial charge in [-0.3, -0.25) is 0 Å². The molecule has 0 saturated carbocycles. The highest BCUT2D eigenvalue weighted by atomic mass is 16.2. The molecule has 0 radical (unpaired) electrons. The van der Waals surface area contributed by atoms with Crippen molar-refractivity contribution in [3.05, 3.63) is 0 Å². The minimum Gasteiger partial charge on any atom is -0.400 e. The lowest BCUT2D eigenvalue weighted by Gasteiger charge is -1.90. The Labute approximate surface area is 86.0 Å². The fraction of sp³-hybridized carbons (Fsp3) is 1.00. The van der Waals surface area contributed by atoms with E-state index in [1.54, 1.807) is 0 Å². The molecule has 0 heterocycles. The topological polar surface area (TPSA) is 23.5 Å². The van der Waals surface area contributed by atoms with Crippen LogP contribution in [0.5, 0.6) is 0 Å². The molecule has 0 unspecified atom stereocenters. The van der Waals surface area contributed by atoms with Gasteiger partial charge in [0.1, 0.15) is 0 Å². The summed E-state index contributed by atoms with van der Waals surface area (Å²) in [6.45, 7) is 8.42. The molecule has 86 valence electrons. The average molecular weight is 193 g/mol. The zero-order valence-electron chi connectivity index (χ0n) is 11.0. The maximum atomic E-state index is 7.00. The van der Waals surface area contributed by atoms with Crippen molar-refractivity contribution in [3.63, 3.8) is 0 Å². The van der Waals surface area contributed by atoms with Gasteiger partial charge in [-0.1, -0.05) is 47.0 Å². The van der Waals surface area contributed by atoms with Crippen molar-refractivity contribution in [2.45, 2.75) is 47.0 Å². The molecular formula is C11H31NO. The van der Waals surface area contributed by atoms with E-state index in [1.165, 1.54) is 19.3 Å². The summed E-state index contributed by atoms with van der Waals surface area (Å²) in [7, 11) is 7.00. The standard InChI is InChI=1S/C5H12.C3H9N.C2H6.CH4O/c1-3-5-4-2;1-4(2)3;2*1-2/h3-5H2,1-2H3;1-3H3;1-2H3;2H,1H3. The molecule has 0 aromatic carbocycles. The van der Waals surface area contributed by atoms with Crippen molar-refractivity contribution in [2.24, 2.45) is 0 Å². The quantitative estimate of drug-likeness (QED) is 0.729. The Balaban J connectivity index is -0.0000000457. The molecule has 2 nitrogen and oxygen atoms in total. The lowest BCUT2D eigenvalue weighted by atomic mass is 10.3. The van der Waals surface area contributed by atoms with E-state index in [9.17, 15) is 0 Å². The first kappa shape index (κ1) is 23.1. The SMILES string of the molecule is CC.CCCCC.CN(C)C.CO. The Morgan fingerprint density at radius 3 is 1.00 bits per heavy atom.